The van der Waals surface area contributed by atoms with Gasteiger partial charge in [0.2, 0.25) is 0 Å². The Hall–Kier alpha value is -1.46. The van der Waals surface area contributed by atoms with Gasteiger partial charge in [0, 0.05) is 18.3 Å². The fraction of sp³-hybridized carbons (Fsp3) is 0.739. The lowest BCUT2D eigenvalue weighted by molar-refractivity contribution is -0.138. The molecule has 0 spiro atoms. The number of aliphatic hydroxyl groups excluding tert-OH is 1. The third kappa shape index (κ3) is 6.02. The number of hydrogen-bond donors (Lipinski definition) is 3. The highest BCUT2D eigenvalue weighted by molar-refractivity contribution is 5.84. The topological polar surface area (TPSA) is 94.8 Å². The molecule has 0 bridgehead atoms. The second-order valence-corrected chi connectivity index (χ2v) is 9.04. The number of ketones is 1. The Morgan fingerprint density at radius 2 is 2.04 bits per heavy atom. The summed E-state index contributed by atoms with van der Waals surface area (Å²) >= 11 is 0. The van der Waals surface area contributed by atoms with Crippen molar-refractivity contribution in [3.8, 4) is 0 Å². The van der Waals surface area contributed by atoms with Crippen LogP contribution in [0, 0.1) is 29.1 Å². The number of carboxylic acids is 1. The van der Waals surface area contributed by atoms with Gasteiger partial charge in [-0.1, -0.05) is 57.9 Å². The van der Waals surface area contributed by atoms with E-state index in [2.05, 4.69) is 6.92 Å². The normalized spacial score (nSPS) is 33.4. The molecule has 0 unspecified atom stereocenters. The van der Waals surface area contributed by atoms with E-state index in [1.165, 1.54) is 6.08 Å². The summed E-state index contributed by atoms with van der Waals surface area (Å²) in [5.41, 5.74) is -0.632. The number of carbonyl (C=O) groups is 2. The van der Waals surface area contributed by atoms with Crippen LogP contribution in [0.5, 0.6) is 0 Å². The monoisotopic (exact) mass is 393 g/mol. The van der Waals surface area contributed by atoms with Crippen LogP contribution in [0.25, 0.3) is 0 Å². The molecule has 0 aromatic carbocycles. The van der Waals surface area contributed by atoms with Crippen molar-refractivity contribution in [3.63, 3.8) is 0 Å². The van der Waals surface area contributed by atoms with Crippen molar-refractivity contribution in [2.75, 3.05) is 0 Å². The van der Waals surface area contributed by atoms with Crippen LogP contribution in [0.1, 0.15) is 67.1 Å². The van der Waals surface area contributed by atoms with E-state index in [4.69, 9.17) is 6.48 Å². The number of unbranched alkanes of at least 4 members (excludes halogenated alkanes) is 1. The van der Waals surface area contributed by atoms with E-state index < -0.39 is 29.5 Å². The number of allylic oxidation sites excluding steroid dienone is 2. The highest BCUT2D eigenvalue weighted by atomic mass is 16.4. The molecule has 0 aromatic heterocycles. The Morgan fingerprint density at radius 3 is 2.64 bits per heavy atom. The first-order valence-corrected chi connectivity index (χ1v) is 10.5. The SMILES string of the molecule is [2H][C@@](O)(/C=C/[C@H]1[C@H](O)CC(=O)[C@@H]1C/C=C\C[C@@H]1C[C@H]1C(=O)O)C(C)(C)CCCC. The lowest BCUT2D eigenvalue weighted by Crippen LogP contribution is -2.28. The summed E-state index contributed by atoms with van der Waals surface area (Å²) in [7, 11) is 0. The number of aliphatic carboxylic acids is 1. The van der Waals surface area contributed by atoms with Crippen LogP contribution >= 0.6 is 0 Å². The van der Waals surface area contributed by atoms with Crippen molar-refractivity contribution < 1.29 is 26.3 Å². The van der Waals surface area contributed by atoms with Gasteiger partial charge >= 0.3 is 5.97 Å². The standard InChI is InChI=1S/C23H36O5/c1-4-5-12-23(2,3)21(26)11-10-17-16(19(24)14-20(17)25)9-7-6-8-15-13-18(15)22(27)28/h6-7,10-11,15-18,20-21,25-26H,4-5,8-9,12-14H2,1-3H3,(H,27,28)/b7-6-,11-10+/t15-,16-,17-,18-,20-,21-/m1/s1/i21D. The number of Topliss-reactive ketones (excluding diaryl/α,β-unsaturated/α-hetero) is 1. The van der Waals surface area contributed by atoms with Gasteiger partial charge in [0.15, 0.2) is 0 Å². The first-order valence-electron chi connectivity index (χ1n) is 11.0. The average molecular weight is 394 g/mol. The minimum absolute atomic E-state index is 0.00889. The molecule has 0 aromatic rings. The number of hydrogen-bond acceptors (Lipinski definition) is 4. The summed E-state index contributed by atoms with van der Waals surface area (Å²) in [6.07, 6.45) is 8.94. The Balaban J connectivity index is 1.97. The second-order valence-electron chi connectivity index (χ2n) is 9.04. The first kappa shape index (κ1) is 21.3. The van der Waals surface area contributed by atoms with E-state index in [0.717, 1.165) is 12.8 Å². The predicted octanol–water partition coefficient (Wildman–Crippen LogP) is 3.74. The van der Waals surface area contributed by atoms with Crippen LogP contribution in [-0.2, 0) is 9.59 Å². The molecular weight excluding hydrogens is 356 g/mol. The van der Waals surface area contributed by atoms with Crippen LogP contribution < -0.4 is 0 Å². The lowest BCUT2D eigenvalue weighted by Gasteiger charge is -2.29. The van der Waals surface area contributed by atoms with Crippen molar-refractivity contribution in [1.82, 2.24) is 0 Å². The first-order chi connectivity index (χ1) is 13.5. The van der Waals surface area contributed by atoms with Gasteiger partial charge in [-0.25, -0.2) is 0 Å². The minimum Gasteiger partial charge on any atom is -0.481 e. The number of rotatable bonds is 11. The quantitative estimate of drug-likeness (QED) is 0.465. The lowest BCUT2D eigenvalue weighted by atomic mass is 9.80. The van der Waals surface area contributed by atoms with Gasteiger partial charge in [0.1, 0.15) is 5.78 Å². The maximum atomic E-state index is 12.3. The Morgan fingerprint density at radius 1 is 1.36 bits per heavy atom. The molecule has 6 atom stereocenters. The molecule has 0 radical (unpaired) electrons. The molecule has 0 amide bonds. The third-order valence-corrected chi connectivity index (χ3v) is 6.29. The molecule has 2 saturated carbocycles. The van der Waals surface area contributed by atoms with E-state index in [1.807, 2.05) is 26.0 Å². The van der Waals surface area contributed by atoms with Crippen molar-refractivity contribution in [2.24, 2.45) is 29.1 Å². The van der Waals surface area contributed by atoms with Crippen LogP contribution in [0.15, 0.2) is 24.3 Å². The van der Waals surface area contributed by atoms with Crippen molar-refractivity contribution in [3.05, 3.63) is 24.3 Å². The van der Waals surface area contributed by atoms with Crippen LogP contribution in [-0.4, -0.2) is 39.3 Å². The number of aliphatic hydroxyl groups is 2. The van der Waals surface area contributed by atoms with Crippen LogP contribution in [0.4, 0.5) is 0 Å². The Labute approximate surface area is 169 Å². The summed E-state index contributed by atoms with van der Waals surface area (Å²) in [5, 5.41) is 29.9. The average Bonchev–Trinajstić information content (AvgIpc) is 3.35. The van der Waals surface area contributed by atoms with Gasteiger partial charge in [-0.15, -0.1) is 0 Å². The van der Waals surface area contributed by atoms with E-state index in [-0.39, 0.29) is 30.0 Å². The minimum atomic E-state index is -1.77. The zero-order valence-electron chi connectivity index (χ0n) is 18.3. The number of carbonyl (C=O) groups excluding carboxylic acids is 1. The maximum Gasteiger partial charge on any atom is 0.306 e. The summed E-state index contributed by atoms with van der Waals surface area (Å²) in [4.78, 5) is 23.2. The van der Waals surface area contributed by atoms with E-state index in [0.29, 0.717) is 25.7 Å². The van der Waals surface area contributed by atoms with Crippen LogP contribution in [0.3, 0.4) is 0 Å². The van der Waals surface area contributed by atoms with Crippen molar-refractivity contribution in [2.45, 2.75) is 77.9 Å². The Bertz CT molecular complexity index is 652. The molecule has 2 aliphatic rings. The Kier molecular flexibility index (Phi) is 7.47. The zero-order chi connectivity index (χ0) is 21.8. The van der Waals surface area contributed by atoms with E-state index >= 15 is 0 Å². The molecule has 28 heavy (non-hydrogen) atoms. The third-order valence-electron chi connectivity index (χ3n) is 6.29. The molecule has 2 aliphatic carbocycles. The molecule has 3 N–H and O–H groups in total. The summed E-state index contributed by atoms with van der Waals surface area (Å²) < 4.78 is 8.37. The molecule has 0 aliphatic heterocycles. The summed E-state index contributed by atoms with van der Waals surface area (Å²) in [6, 6.07) is 0. The zero-order valence-corrected chi connectivity index (χ0v) is 17.3. The van der Waals surface area contributed by atoms with Gasteiger partial charge in [-0.2, -0.15) is 0 Å². The predicted molar refractivity (Wildman–Crippen MR) is 109 cm³/mol. The van der Waals surface area contributed by atoms with Crippen LogP contribution in [0.2, 0.25) is 0 Å². The van der Waals surface area contributed by atoms with Crippen molar-refractivity contribution >= 4 is 11.8 Å². The fourth-order valence-electron chi connectivity index (χ4n) is 4.03. The second kappa shape index (κ2) is 9.84. The molecular formula is C23H36O5. The smallest absolute Gasteiger partial charge is 0.306 e. The molecule has 5 nitrogen and oxygen atoms in total. The number of carboxylic acid groups (broad SMARTS) is 1. The van der Waals surface area contributed by atoms with E-state index in [1.54, 1.807) is 6.08 Å². The molecule has 2 rings (SSSR count). The highest BCUT2D eigenvalue weighted by Crippen LogP contribution is 2.42. The molecule has 0 heterocycles. The van der Waals surface area contributed by atoms with Gasteiger partial charge in [0.25, 0.3) is 0 Å². The van der Waals surface area contributed by atoms with Gasteiger partial charge < -0.3 is 15.3 Å². The molecule has 2 fully saturated rings. The summed E-state index contributed by atoms with van der Waals surface area (Å²) in [6.45, 7) is 5.79. The maximum absolute atomic E-state index is 12.3. The highest BCUT2D eigenvalue weighted by Gasteiger charge is 2.42. The largest absolute Gasteiger partial charge is 0.481 e. The molecule has 158 valence electrons. The van der Waals surface area contributed by atoms with Crippen molar-refractivity contribution in [1.29, 1.82) is 0 Å². The van der Waals surface area contributed by atoms with E-state index in [9.17, 15) is 19.8 Å². The molecule has 0 saturated heterocycles. The van der Waals surface area contributed by atoms with Gasteiger partial charge in [0.05, 0.1) is 19.5 Å². The molecule has 5 heteroatoms. The van der Waals surface area contributed by atoms with Gasteiger partial charge in [-0.05, 0) is 37.0 Å². The van der Waals surface area contributed by atoms with Gasteiger partial charge in [-0.3, -0.25) is 9.59 Å². The summed E-state index contributed by atoms with van der Waals surface area (Å²) in [5.74, 6) is -1.60. The fourth-order valence-corrected chi connectivity index (χ4v) is 4.03.